The van der Waals surface area contributed by atoms with Crippen LogP contribution < -0.4 is 5.32 Å². The Morgan fingerprint density at radius 3 is 2.75 bits per heavy atom. The van der Waals surface area contributed by atoms with Crippen molar-refractivity contribution >= 4 is 33.8 Å². The maximum absolute atomic E-state index is 13.4. The zero-order valence-corrected chi connectivity index (χ0v) is 18.7. The van der Waals surface area contributed by atoms with Crippen molar-refractivity contribution in [2.45, 2.75) is 20.4 Å². The number of hydrogen-bond donors (Lipinski definition) is 1. The Labute approximate surface area is 188 Å². The molecule has 0 radical (unpaired) electrons. The summed E-state index contributed by atoms with van der Waals surface area (Å²) in [4.78, 5) is 22.5. The molecule has 0 spiro atoms. The molecule has 5 aromatic rings. The molecule has 0 aliphatic heterocycles. The van der Waals surface area contributed by atoms with Crippen molar-refractivity contribution in [3.8, 4) is 10.7 Å². The third-order valence-electron chi connectivity index (χ3n) is 5.31. The van der Waals surface area contributed by atoms with E-state index in [0.29, 0.717) is 23.5 Å². The van der Waals surface area contributed by atoms with Crippen molar-refractivity contribution in [1.82, 2.24) is 29.5 Å². The maximum Gasteiger partial charge on any atom is 0.256 e. The lowest BCUT2D eigenvalue weighted by atomic mass is 10.1. The smallest absolute Gasteiger partial charge is 0.256 e. The van der Waals surface area contributed by atoms with Crippen molar-refractivity contribution in [2.24, 2.45) is 7.05 Å². The minimum atomic E-state index is -0.204. The first-order valence-corrected chi connectivity index (χ1v) is 11.0. The van der Waals surface area contributed by atoms with E-state index in [1.54, 1.807) is 16.9 Å². The first kappa shape index (κ1) is 20.1. The number of hydrogen-bond acceptors (Lipinski definition) is 6. The van der Waals surface area contributed by atoms with E-state index in [4.69, 9.17) is 4.98 Å². The minimum Gasteiger partial charge on any atom is -0.319 e. The molecule has 0 aliphatic carbocycles. The molecule has 4 aromatic heterocycles. The molecule has 0 saturated carbocycles. The SMILES string of the molecule is Cc1nn(Cc2ccn(C)n2)c(C)c1NC(=O)c1cc(-c2nccs2)nc2ccccc12. The topological polar surface area (TPSA) is 90.5 Å². The molecule has 0 fully saturated rings. The highest BCUT2D eigenvalue weighted by atomic mass is 32.1. The molecule has 5 rings (SSSR count). The third kappa shape index (κ3) is 3.67. The minimum absolute atomic E-state index is 0.204. The number of thiazole rings is 1. The van der Waals surface area contributed by atoms with Gasteiger partial charge in [-0.15, -0.1) is 11.3 Å². The number of fused-ring (bicyclic) bond motifs is 1. The molecule has 4 heterocycles. The first-order valence-electron chi connectivity index (χ1n) is 10.1. The molecular formula is C23H21N7OS. The Kier molecular flexibility index (Phi) is 5.02. The van der Waals surface area contributed by atoms with Gasteiger partial charge in [0.25, 0.3) is 5.91 Å². The van der Waals surface area contributed by atoms with E-state index in [-0.39, 0.29) is 5.91 Å². The number of amides is 1. The molecule has 0 unspecified atom stereocenters. The number of nitrogens with one attached hydrogen (secondary N) is 1. The molecule has 32 heavy (non-hydrogen) atoms. The van der Waals surface area contributed by atoms with Crippen molar-refractivity contribution in [1.29, 1.82) is 0 Å². The van der Waals surface area contributed by atoms with Gasteiger partial charge in [0.1, 0.15) is 10.7 Å². The second-order valence-corrected chi connectivity index (χ2v) is 8.44. The highest BCUT2D eigenvalue weighted by molar-refractivity contribution is 7.13. The first-order chi connectivity index (χ1) is 15.5. The highest BCUT2D eigenvalue weighted by Crippen LogP contribution is 2.28. The molecule has 1 N–H and O–H groups in total. The van der Waals surface area contributed by atoms with Crippen LogP contribution in [0.4, 0.5) is 5.69 Å². The van der Waals surface area contributed by atoms with Crippen molar-refractivity contribution in [3.63, 3.8) is 0 Å². The van der Waals surface area contributed by atoms with Crippen LogP contribution >= 0.6 is 11.3 Å². The third-order valence-corrected chi connectivity index (χ3v) is 6.11. The van der Waals surface area contributed by atoms with E-state index < -0.39 is 0 Å². The van der Waals surface area contributed by atoms with Gasteiger partial charge in [0.2, 0.25) is 0 Å². The summed E-state index contributed by atoms with van der Waals surface area (Å²) < 4.78 is 3.62. The molecule has 1 amide bonds. The lowest BCUT2D eigenvalue weighted by Crippen LogP contribution is -2.14. The van der Waals surface area contributed by atoms with Crippen molar-refractivity contribution in [2.75, 3.05) is 5.32 Å². The summed E-state index contributed by atoms with van der Waals surface area (Å²) in [5.74, 6) is -0.204. The molecule has 0 bridgehead atoms. The van der Waals surface area contributed by atoms with E-state index in [0.717, 1.165) is 33.0 Å². The Balaban J connectivity index is 1.50. The van der Waals surface area contributed by atoms with Crippen LogP contribution in [-0.4, -0.2) is 35.4 Å². The van der Waals surface area contributed by atoms with Gasteiger partial charge in [0.05, 0.1) is 40.4 Å². The van der Waals surface area contributed by atoms with E-state index in [1.165, 1.54) is 11.3 Å². The number of benzene rings is 1. The van der Waals surface area contributed by atoms with Crippen LogP contribution in [-0.2, 0) is 13.6 Å². The van der Waals surface area contributed by atoms with Crippen LogP contribution in [0.3, 0.4) is 0 Å². The van der Waals surface area contributed by atoms with Gasteiger partial charge in [-0.3, -0.25) is 14.2 Å². The molecule has 1 aromatic carbocycles. The summed E-state index contributed by atoms with van der Waals surface area (Å²) in [6.45, 7) is 4.38. The number of rotatable bonds is 5. The van der Waals surface area contributed by atoms with Crippen LogP contribution in [0.2, 0.25) is 0 Å². The van der Waals surface area contributed by atoms with Crippen LogP contribution in [0.5, 0.6) is 0 Å². The highest BCUT2D eigenvalue weighted by Gasteiger charge is 2.19. The van der Waals surface area contributed by atoms with Gasteiger partial charge in [-0.05, 0) is 32.0 Å². The van der Waals surface area contributed by atoms with Crippen molar-refractivity contribution in [3.05, 3.63) is 76.8 Å². The monoisotopic (exact) mass is 443 g/mol. The fraction of sp³-hybridized carbons (Fsp3) is 0.174. The normalized spacial score (nSPS) is 11.2. The zero-order chi connectivity index (χ0) is 22.2. The summed E-state index contributed by atoms with van der Waals surface area (Å²) in [6.07, 6.45) is 3.64. The van der Waals surface area contributed by atoms with Gasteiger partial charge in [0, 0.05) is 30.2 Å². The molecule has 0 saturated heterocycles. The lowest BCUT2D eigenvalue weighted by Gasteiger charge is -2.10. The predicted molar refractivity (Wildman–Crippen MR) is 125 cm³/mol. The number of carbonyl (C=O) groups is 1. The number of aryl methyl sites for hydroxylation is 2. The van der Waals surface area contributed by atoms with E-state index >= 15 is 0 Å². The van der Waals surface area contributed by atoms with Gasteiger partial charge in [0.15, 0.2) is 0 Å². The average molecular weight is 444 g/mol. The van der Waals surface area contributed by atoms with Crippen LogP contribution in [0, 0.1) is 13.8 Å². The number of aromatic nitrogens is 6. The van der Waals surface area contributed by atoms with Gasteiger partial charge in [-0.1, -0.05) is 18.2 Å². The second kappa shape index (κ2) is 8.01. The fourth-order valence-electron chi connectivity index (χ4n) is 3.74. The van der Waals surface area contributed by atoms with E-state index in [1.807, 2.05) is 67.5 Å². The summed E-state index contributed by atoms with van der Waals surface area (Å²) in [5.41, 5.74) is 5.24. The Hall–Kier alpha value is -3.85. The quantitative estimate of drug-likeness (QED) is 0.440. The summed E-state index contributed by atoms with van der Waals surface area (Å²) in [6, 6.07) is 11.4. The zero-order valence-electron chi connectivity index (χ0n) is 17.9. The Morgan fingerprint density at radius 1 is 1.16 bits per heavy atom. The van der Waals surface area contributed by atoms with Gasteiger partial charge in [-0.25, -0.2) is 9.97 Å². The fourth-order valence-corrected chi connectivity index (χ4v) is 4.33. The second-order valence-electron chi connectivity index (χ2n) is 7.55. The number of carbonyl (C=O) groups excluding carboxylic acids is 1. The van der Waals surface area contributed by atoms with Crippen molar-refractivity contribution < 1.29 is 4.79 Å². The summed E-state index contributed by atoms with van der Waals surface area (Å²) in [7, 11) is 1.88. The van der Waals surface area contributed by atoms with Crippen LogP contribution in [0.1, 0.15) is 27.4 Å². The maximum atomic E-state index is 13.4. The summed E-state index contributed by atoms with van der Waals surface area (Å²) >= 11 is 1.49. The number of para-hydroxylation sites is 1. The van der Waals surface area contributed by atoms with Crippen LogP contribution in [0.15, 0.2) is 54.2 Å². The molecule has 9 heteroatoms. The van der Waals surface area contributed by atoms with E-state index in [9.17, 15) is 4.79 Å². The Morgan fingerprint density at radius 2 is 2.00 bits per heavy atom. The largest absolute Gasteiger partial charge is 0.319 e. The van der Waals surface area contributed by atoms with Gasteiger partial charge < -0.3 is 5.32 Å². The van der Waals surface area contributed by atoms with Gasteiger partial charge >= 0.3 is 0 Å². The lowest BCUT2D eigenvalue weighted by molar-refractivity contribution is 0.102. The number of nitrogens with zero attached hydrogens (tertiary/aromatic N) is 6. The number of anilines is 1. The molecule has 0 aliphatic rings. The van der Waals surface area contributed by atoms with E-state index in [2.05, 4.69) is 20.5 Å². The van der Waals surface area contributed by atoms with Crippen LogP contribution in [0.25, 0.3) is 21.6 Å². The molecular weight excluding hydrogens is 422 g/mol. The molecule has 8 nitrogen and oxygen atoms in total. The summed E-state index contributed by atoms with van der Waals surface area (Å²) in [5, 5.41) is 15.6. The molecule has 0 atom stereocenters. The predicted octanol–water partition coefficient (Wildman–Crippen LogP) is 4.21. The average Bonchev–Trinajstić information content (AvgIpc) is 3.52. The standard InChI is InChI=1S/C23H21N7OS/c1-14-21(15(2)30(27-14)13-16-8-10-29(3)28-16)26-22(31)18-12-20(23-24-9-11-32-23)25-19-7-5-4-6-17(18)19/h4-12H,13H2,1-3H3,(H,26,31). The number of pyridine rings is 1. The van der Waals surface area contributed by atoms with Gasteiger partial charge in [-0.2, -0.15) is 10.2 Å². The Bertz CT molecular complexity index is 1430. The molecule has 160 valence electrons.